The average Bonchev–Trinajstić information content (AvgIpc) is 3.47. The first-order chi connectivity index (χ1) is 26.8. The highest BCUT2D eigenvalue weighted by Crippen LogP contribution is 2.51. The van der Waals surface area contributed by atoms with Crippen molar-refractivity contribution in [1.82, 2.24) is 0 Å². The fourth-order valence-corrected chi connectivity index (χ4v) is 9.20. The molecule has 1 aliphatic carbocycles. The predicted molar refractivity (Wildman–Crippen MR) is 235 cm³/mol. The molecule has 9 aromatic carbocycles. The van der Waals surface area contributed by atoms with E-state index in [0.29, 0.717) is 0 Å². The SMILES string of the molecule is CC(C)(c1ccc(N(c2ccc(-c3ccccc3)cc2)c2ccc3c(c2)C(C)(C)c2ccccc2-3)cc1)c1ccc2c3ccccc3c3ccccc3c2c1. The lowest BCUT2D eigenvalue weighted by Crippen LogP contribution is -2.19. The highest BCUT2D eigenvalue weighted by molar-refractivity contribution is 6.25. The second kappa shape index (κ2) is 12.6. The van der Waals surface area contributed by atoms with E-state index >= 15 is 0 Å². The van der Waals surface area contributed by atoms with Crippen molar-refractivity contribution in [1.29, 1.82) is 0 Å². The Morgan fingerprint density at radius 2 is 0.836 bits per heavy atom. The Balaban J connectivity index is 1.07. The number of hydrogen-bond acceptors (Lipinski definition) is 1. The molecule has 264 valence electrons. The molecule has 1 aliphatic rings. The number of fused-ring (bicyclic) bond motifs is 9. The maximum Gasteiger partial charge on any atom is 0.0465 e. The molecule has 0 atom stereocenters. The van der Waals surface area contributed by atoms with Crippen LogP contribution in [0.3, 0.4) is 0 Å². The molecular formula is C54H43N. The van der Waals surface area contributed by atoms with Gasteiger partial charge in [0.2, 0.25) is 0 Å². The van der Waals surface area contributed by atoms with Crippen LogP contribution in [0, 0.1) is 0 Å². The maximum atomic E-state index is 2.43. The van der Waals surface area contributed by atoms with Crippen molar-refractivity contribution >= 4 is 49.4 Å². The Morgan fingerprint density at radius 1 is 0.364 bits per heavy atom. The number of benzene rings is 9. The van der Waals surface area contributed by atoms with E-state index in [1.807, 2.05) is 0 Å². The predicted octanol–water partition coefficient (Wildman–Crippen LogP) is 14.9. The Kier molecular flexibility index (Phi) is 7.58. The molecular weight excluding hydrogens is 663 g/mol. The lowest BCUT2D eigenvalue weighted by molar-refractivity contribution is 0.642. The third-order valence-electron chi connectivity index (χ3n) is 12.4. The van der Waals surface area contributed by atoms with Crippen LogP contribution in [0.15, 0.2) is 188 Å². The summed E-state index contributed by atoms with van der Waals surface area (Å²) in [6.45, 7) is 9.42. The summed E-state index contributed by atoms with van der Waals surface area (Å²) in [7, 11) is 0. The van der Waals surface area contributed by atoms with Gasteiger partial charge in [0.25, 0.3) is 0 Å². The first-order valence-corrected chi connectivity index (χ1v) is 19.4. The van der Waals surface area contributed by atoms with Crippen LogP contribution in [-0.4, -0.2) is 0 Å². The Morgan fingerprint density at radius 3 is 1.49 bits per heavy atom. The van der Waals surface area contributed by atoms with Gasteiger partial charge in [-0.05, 0) is 119 Å². The smallest absolute Gasteiger partial charge is 0.0465 e. The molecule has 10 rings (SSSR count). The van der Waals surface area contributed by atoms with Crippen molar-refractivity contribution in [3.8, 4) is 22.3 Å². The zero-order valence-corrected chi connectivity index (χ0v) is 31.8. The van der Waals surface area contributed by atoms with Crippen LogP contribution < -0.4 is 4.90 Å². The zero-order valence-electron chi connectivity index (χ0n) is 31.8. The molecule has 1 heteroatoms. The lowest BCUT2D eigenvalue weighted by atomic mass is 9.77. The van der Waals surface area contributed by atoms with Crippen molar-refractivity contribution in [2.24, 2.45) is 0 Å². The van der Waals surface area contributed by atoms with Crippen molar-refractivity contribution < 1.29 is 0 Å². The van der Waals surface area contributed by atoms with Gasteiger partial charge in [0, 0.05) is 27.9 Å². The van der Waals surface area contributed by atoms with E-state index in [9.17, 15) is 0 Å². The van der Waals surface area contributed by atoms with Crippen LogP contribution in [0.4, 0.5) is 17.1 Å². The summed E-state index contributed by atoms with van der Waals surface area (Å²) in [5, 5.41) is 7.84. The summed E-state index contributed by atoms with van der Waals surface area (Å²) in [6, 6.07) is 69.6. The monoisotopic (exact) mass is 705 g/mol. The normalized spacial score (nSPS) is 13.2. The van der Waals surface area contributed by atoms with Gasteiger partial charge in [-0.1, -0.05) is 173 Å². The van der Waals surface area contributed by atoms with E-state index in [1.165, 1.54) is 76.8 Å². The van der Waals surface area contributed by atoms with Gasteiger partial charge in [-0.2, -0.15) is 0 Å². The summed E-state index contributed by atoms with van der Waals surface area (Å²) in [4.78, 5) is 2.41. The Hall–Kier alpha value is -6.44. The molecule has 0 saturated carbocycles. The summed E-state index contributed by atoms with van der Waals surface area (Å²) in [5.74, 6) is 0. The Bertz CT molecular complexity index is 2860. The molecule has 0 bridgehead atoms. The fourth-order valence-electron chi connectivity index (χ4n) is 9.20. The number of nitrogens with zero attached hydrogens (tertiary/aromatic N) is 1. The molecule has 0 aromatic heterocycles. The molecule has 0 heterocycles. The lowest BCUT2D eigenvalue weighted by Gasteiger charge is -2.30. The summed E-state index contributed by atoms with van der Waals surface area (Å²) < 4.78 is 0. The maximum absolute atomic E-state index is 2.43. The second-order valence-electron chi connectivity index (χ2n) is 16.2. The third kappa shape index (κ3) is 5.29. The van der Waals surface area contributed by atoms with Crippen LogP contribution in [0.2, 0.25) is 0 Å². The first-order valence-electron chi connectivity index (χ1n) is 19.4. The van der Waals surface area contributed by atoms with Gasteiger partial charge in [0.05, 0.1) is 0 Å². The van der Waals surface area contributed by atoms with Crippen molar-refractivity contribution in [3.05, 3.63) is 210 Å². The molecule has 0 radical (unpaired) electrons. The van der Waals surface area contributed by atoms with E-state index in [0.717, 1.165) is 17.1 Å². The van der Waals surface area contributed by atoms with Gasteiger partial charge in [0.15, 0.2) is 0 Å². The van der Waals surface area contributed by atoms with Crippen LogP contribution in [-0.2, 0) is 10.8 Å². The molecule has 1 nitrogen and oxygen atoms in total. The molecule has 0 spiro atoms. The third-order valence-corrected chi connectivity index (χ3v) is 12.4. The zero-order chi connectivity index (χ0) is 37.3. The van der Waals surface area contributed by atoms with E-state index in [2.05, 4.69) is 221 Å². The van der Waals surface area contributed by atoms with Crippen LogP contribution in [0.25, 0.3) is 54.6 Å². The molecule has 0 saturated heterocycles. The standard InChI is InChI=1S/C54H43N/c1-53(2,39-26-32-47-45-18-9-8-16-43(45)44-17-10-11-19-46(44)50(47)34-39)38-24-29-41(30-25-38)55(40-27-22-37(23-28-40)36-14-6-5-7-15-36)42-31-33-49-48-20-12-13-21-51(48)54(3,4)52(49)35-42/h5-35H,1-4H3. The van der Waals surface area contributed by atoms with Gasteiger partial charge >= 0.3 is 0 Å². The molecule has 9 aromatic rings. The fraction of sp³-hybridized carbons (Fsp3) is 0.111. The Labute approximate surface area is 324 Å². The summed E-state index contributed by atoms with van der Waals surface area (Å²) in [6.07, 6.45) is 0. The minimum Gasteiger partial charge on any atom is -0.310 e. The van der Waals surface area contributed by atoms with E-state index in [1.54, 1.807) is 0 Å². The van der Waals surface area contributed by atoms with Crippen molar-refractivity contribution in [3.63, 3.8) is 0 Å². The highest BCUT2D eigenvalue weighted by atomic mass is 15.1. The second-order valence-corrected chi connectivity index (χ2v) is 16.2. The number of anilines is 3. The van der Waals surface area contributed by atoms with Gasteiger partial charge in [-0.25, -0.2) is 0 Å². The summed E-state index contributed by atoms with van der Waals surface area (Å²) in [5.41, 5.74) is 13.6. The van der Waals surface area contributed by atoms with Gasteiger partial charge in [0.1, 0.15) is 0 Å². The topological polar surface area (TPSA) is 3.24 Å². The van der Waals surface area contributed by atoms with Crippen LogP contribution >= 0.6 is 0 Å². The molecule has 55 heavy (non-hydrogen) atoms. The van der Waals surface area contributed by atoms with Gasteiger partial charge in [-0.3, -0.25) is 0 Å². The van der Waals surface area contributed by atoms with Crippen molar-refractivity contribution in [2.75, 3.05) is 4.90 Å². The van der Waals surface area contributed by atoms with Crippen LogP contribution in [0.5, 0.6) is 0 Å². The van der Waals surface area contributed by atoms with E-state index < -0.39 is 0 Å². The quantitative estimate of drug-likeness (QED) is 0.156. The first kappa shape index (κ1) is 33.2. The largest absolute Gasteiger partial charge is 0.310 e. The molecule has 0 aliphatic heterocycles. The summed E-state index contributed by atoms with van der Waals surface area (Å²) >= 11 is 0. The van der Waals surface area contributed by atoms with Gasteiger partial charge < -0.3 is 4.90 Å². The van der Waals surface area contributed by atoms with Crippen molar-refractivity contribution in [2.45, 2.75) is 38.5 Å². The molecule has 0 fully saturated rings. The van der Waals surface area contributed by atoms with E-state index in [4.69, 9.17) is 0 Å². The highest BCUT2D eigenvalue weighted by Gasteiger charge is 2.36. The number of rotatable bonds is 6. The molecule has 0 amide bonds. The molecule has 0 N–H and O–H groups in total. The van der Waals surface area contributed by atoms with E-state index in [-0.39, 0.29) is 10.8 Å². The number of hydrogen-bond donors (Lipinski definition) is 0. The van der Waals surface area contributed by atoms with Crippen LogP contribution in [0.1, 0.15) is 49.9 Å². The average molecular weight is 706 g/mol. The minimum absolute atomic E-state index is 0.0872. The molecule has 0 unspecified atom stereocenters. The minimum atomic E-state index is -0.217. The van der Waals surface area contributed by atoms with Gasteiger partial charge in [-0.15, -0.1) is 0 Å².